The molecule has 0 N–H and O–H groups in total. The number of pyridine rings is 1. The number of ketones is 1. The second-order valence-electron chi connectivity index (χ2n) is 9.20. The number of hydrogen-bond acceptors (Lipinski definition) is 2. The number of rotatable bonds is 4. The minimum Gasteiger partial charge on any atom is -0.296 e. The lowest BCUT2D eigenvalue weighted by Gasteiger charge is -2.29. The van der Waals surface area contributed by atoms with Gasteiger partial charge >= 0.3 is 0 Å². The van der Waals surface area contributed by atoms with Crippen molar-refractivity contribution in [2.24, 2.45) is 5.92 Å². The summed E-state index contributed by atoms with van der Waals surface area (Å²) in [5.74, 6) is 1.06. The minimum absolute atomic E-state index is 0.0495. The molecule has 3 nitrogen and oxygen atoms in total. The summed E-state index contributed by atoms with van der Waals surface area (Å²) >= 11 is 0. The van der Waals surface area contributed by atoms with E-state index in [1.165, 1.54) is 24.0 Å². The number of halogens is 1. The maximum atomic E-state index is 14.2. The number of carbonyl (C=O) groups is 1. The molecule has 0 bridgehead atoms. The largest absolute Gasteiger partial charge is 0.296 e. The Morgan fingerprint density at radius 3 is 2.29 bits per heavy atom. The number of carbonyl (C=O) groups excluding carboxylic acids is 1. The van der Waals surface area contributed by atoms with Crippen LogP contribution in [0.1, 0.15) is 72.0 Å². The first-order valence-corrected chi connectivity index (χ1v) is 11.4. The van der Waals surface area contributed by atoms with Crippen molar-refractivity contribution in [3.63, 3.8) is 0 Å². The van der Waals surface area contributed by atoms with Crippen molar-refractivity contribution in [2.45, 2.75) is 50.4 Å². The van der Waals surface area contributed by atoms with Gasteiger partial charge in [0.1, 0.15) is 5.82 Å². The van der Waals surface area contributed by atoms with Gasteiger partial charge in [0.05, 0.1) is 23.7 Å². The number of nitrogens with zero attached hydrogens (tertiary/aromatic N) is 2. The normalized spacial score (nSPS) is 21.6. The molecule has 0 spiro atoms. The van der Waals surface area contributed by atoms with Crippen molar-refractivity contribution >= 4 is 22.1 Å². The lowest BCUT2D eigenvalue weighted by molar-refractivity contribution is 0.0876. The molecule has 0 atom stereocenters. The second kappa shape index (κ2) is 7.30. The molecule has 0 saturated heterocycles. The molecule has 156 valence electrons. The number of Topliss-reactive ketones (excluding diaryl/α,β-unsaturated/α-hetero) is 1. The van der Waals surface area contributed by atoms with E-state index in [2.05, 4.69) is 17.1 Å². The van der Waals surface area contributed by atoms with Crippen LogP contribution in [0.4, 0.5) is 4.39 Å². The fraction of sp³-hybridized carbons (Fsp3) is 0.333. The van der Waals surface area contributed by atoms with E-state index in [9.17, 15) is 9.18 Å². The number of aromatic nitrogens is 2. The Labute approximate surface area is 180 Å². The van der Waals surface area contributed by atoms with Gasteiger partial charge in [-0.3, -0.25) is 9.20 Å². The Bertz CT molecular complexity index is 1300. The number of benzene rings is 2. The Morgan fingerprint density at radius 2 is 1.52 bits per heavy atom. The highest BCUT2D eigenvalue weighted by Gasteiger charge is 2.34. The van der Waals surface area contributed by atoms with E-state index in [1.807, 2.05) is 40.9 Å². The highest BCUT2D eigenvalue weighted by Crippen LogP contribution is 2.44. The third-order valence-corrected chi connectivity index (χ3v) is 7.31. The Hall–Kier alpha value is -3.01. The summed E-state index contributed by atoms with van der Waals surface area (Å²) in [7, 11) is 0. The van der Waals surface area contributed by atoms with Gasteiger partial charge in [-0.2, -0.15) is 0 Å². The molecule has 2 aliphatic rings. The molecule has 2 aromatic carbocycles. The predicted octanol–water partition coefficient (Wildman–Crippen LogP) is 6.66. The topological polar surface area (TPSA) is 34.4 Å². The van der Waals surface area contributed by atoms with E-state index in [1.54, 1.807) is 12.4 Å². The summed E-state index contributed by atoms with van der Waals surface area (Å²) in [6.07, 6.45) is 9.63. The van der Waals surface area contributed by atoms with E-state index in [-0.39, 0.29) is 17.5 Å². The second-order valence-corrected chi connectivity index (χ2v) is 9.20. The third-order valence-electron chi connectivity index (χ3n) is 7.31. The van der Waals surface area contributed by atoms with Crippen molar-refractivity contribution < 1.29 is 9.18 Å². The first-order valence-electron chi connectivity index (χ1n) is 11.4. The van der Waals surface area contributed by atoms with Gasteiger partial charge in [0.15, 0.2) is 5.78 Å². The maximum Gasteiger partial charge on any atom is 0.182 e. The summed E-state index contributed by atoms with van der Waals surface area (Å²) in [5, 5.41) is 1.70. The van der Waals surface area contributed by atoms with E-state index >= 15 is 0 Å². The van der Waals surface area contributed by atoms with Crippen molar-refractivity contribution in [3.8, 4) is 0 Å². The molecule has 0 radical (unpaired) electrons. The average molecular weight is 413 g/mol. The molecule has 2 saturated carbocycles. The van der Waals surface area contributed by atoms with Crippen LogP contribution in [0, 0.1) is 11.7 Å². The summed E-state index contributed by atoms with van der Waals surface area (Å²) in [5.41, 5.74) is 4.26. The number of fused-ring (bicyclic) bond motifs is 2. The zero-order chi connectivity index (χ0) is 20.9. The van der Waals surface area contributed by atoms with Gasteiger partial charge in [0, 0.05) is 11.3 Å². The van der Waals surface area contributed by atoms with E-state index in [0.717, 1.165) is 42.3 Å². The van der Waals surface area contributed by atoms with Crippen LogP contribution in [0.2, 0.25) is 0 Å². The molecule has 0 unspecified atom stereocenters. The quantitative estimate of drug-likeness (QED) is 0.351. The molecule has 2 aliphatic carbocycles. The van der Waals surface area contributed by atoms with Gasteiger partial charge in [-0.25, -0.2) is 9.37 Å². The van der Waals surface area contributed by atoms with Crippen LogP contribution in [-0.2, 0) is 0 Å². The summed E-state index contributed by atoms with van der Waals surface area (Å²) in [4.78, 5) is 17.9. The van der Waals surface area contributed by atoms with Crippen LogP contribution in [-0.4, -0.2) is 15.2 Å². The first-order chi connectivity index (χ1) is 15.2. The standard InChI is InChI=1S/C27H25FN2O/c28-25-14-13-21(23-3-1-2-4-24(23)25)17-7-9-19(10-8-17)27(31)26-22(18-5-6-18)12-11-20-15-29-16-30(20)26/h1-4,11-19H,5-10H2. The Morgan fingerprint density at radius 1 is 0.839 bits per heavy atom. The average Bonchev–Trinajstić information content (AvgIpc) is 3.55. The molecular weight excluding hydrogens is 387 g/mol. The van der Waals surface area contributed by atoms with Crippen molar-refractivity contribution in [3.05, 3.63) is 83.7 Å². The van der Waals surface area contributed by atoms with Crippen LogP contribution in [0.25, 0.3) is 16.3 Å². The molecule has 0 aliphatic heterocycles. The molecule has 6 rings (SSSR count). The minimum atomic E-state index is -0.163. The van der Waals surface area contributed by atoms with E-state index in [0.29, 0.717) is 17.2 Å². The molecule has 31 heavy (non-hydrogen) atoms. The van der Waals surface area contributed by atoms with E-state index in [4.69, 9.17) is 0 Å². The van der Waals surface area contributed by atoms with Crippen LogP contribution < -0.4 is 0 Å². The fourth-order valence-corrected chi connectivity index (χ4v) is 5.49. The fourth-order valence-electron chi connectivity index (χ4n) is 5.49. The lowest BCUT2D eigenvalue weighted by atomic mass is 9.75. The Balaban J connectivity index is 1.28. The zero-order valence-corrected chi connectivity index (χ0v) is 17.4. The van der Waals surface area contributed by atoms with Crippen molar-refractivity contribution in [1.82, 2.24) is 9.38 Å². The Kier molecular flexibility index (Phi) is 4.41. The first kappa shape index (κ1) is 18.7. The van der Waals surface area contributed by atoms with Crippen LogP contribution in [0.15, 0.2) is 61.1 Å². The summed E-state index contributed by atoms with van der Waals surface area (Å²) in [6.45, 7) is 0. The van der Waals surface area contributed by atoms with Gasteiger partial charge in [0.25, 0.3) is 0 Å². The number of hydrogen-bond donors (Lipinski definition) is 0. The summed E-state index contributed by atoms with van der Waals surface area (Å²) in [6, 6.07) is 15.5. The predicted molar refractivity (Wildman–Crippen MR) is 120 cm³/mol. The smallest absolute Gasteiger partial charge is 0.182 e. The monoisotopic (exact) mass is 412 g/mol. The third kappa shape index (κ3) is 3.16. The molecular formula is C27H25FN2O. The van der Waals surface area contributed by atoms with Gasteiger partial charge in [-0.1, -0.05) is 36.4 Å². The van der Waals surface area contributed by atoms with Gasteiger partial charge in [0.2, 0.25) is 0 Å². The highest BCUT2D eigenvalue weighted by atomic mass is 19.1. The van der Waals surface area contributed by atoms with Gasteiger partial charge in [-0.15, -0.1) is 0 Å². The summed E-state index contributed by atoms with van der Waals surface area (Å²) < 4.78 is 16.2. The highest BCUT2D eigenvalue weighted by molar-refractivity contribution is 5.99. The molecule has 0 amide bonds. The lowest BCUT2D eigenvalue weighted by Crippen LogP contribution is -2.24. The molecule has 2 aromatic heterocycles. The van der Waals surface area contributed by atoms with Crippen LogP contribution >= 0.6 is 0 Å². The van der Waals surface area contributed by atoms with Crippen molar-refractivity contribution in [2.75, 3.05) is 0 Å². The van der Waals surface area contributed by atoms with E-state index < -0.39 is 0 Å². The molecule has 2 fully saturated rings. The molecule has 4 aromatic rings. The van der Waals surface area contributed by atoms with Crippen LogP contribution in [0.5, 0.6) is 0 Å². The van der Waals surface area contributed by atoms with Crippen LogP contribution in [0.3, 0.4) is 0 Å². The number of imidazole rings is 1. The zero-order valence-electron chi connectivity index (χ0n) is 17.4. The molecule has 4 heteroatoms. The van der Waals surface area contributed by atoms with Gasteiger partial charge in [-0.05, 0) is 79.0 Å². The van der Waals surface area contributed by atoms with Gasteiger partial charge < -0.3 is 0 Å². The SMILES string of the molecule is O=C(c1c(C2CC2)ccc2cncn12)C1CCC(c2ccc(F)c3ccccc23)CC1. The van der Waals surface area contributed by atoms with Crippen molar-refractivity contribution in [1.29, 1.82) is 0 Å². The molecule has 2 heterocycles. The maximum absolute atomic E-state index is 14.2.